The molecule has 1 aliphatic rings. The number of benzene rings is 2. The zero-order valence-electron chi connectivity index (χ0n) is 13.0. The van der Waals surface area contributed by atoms with E-state index >= 15 is 0 Å². The molecule has 1 aromatic heterocycles. The first-order chi connectivity index (χ1) is 11.6. The summed E-state index contributed by atoms with van der Waals surface area (Å²) in [5, 5.41) is 10.1. The van der Waals surface area contributed by atoms with Crippen LogP contribution < -0.4 is 15.2 Å². The van der Waals surface area contributed by atoms with Crippen molar-refractivity contribution in [3.63, 3.8) is 0 Å². The lowest BCUT2D eigenvalue weighted by Crippen LogP contribution is -2.21. The fourth-order valence-corrected chi connectivity index (χ4v) is 2.93. The molecule has 3 aromatic rings. The smallest absolute Gasteiger partial charge is 0.273 e. The zero-order chi connectivity index (χ0) is 16.8. The standard InChI is InChI=1S/C19H13N3O2/c1-12-21(2)17-8-7-15(10-18(17)24-12)22-16-6-4-3-5-13(16)9-14(11-20)19(22)23/h3-10H,1H2,2H3. The van der Waals surface area contributed by atoms with E-state index in [9.17, 15) is 10.1 Å². The summed E-state index contributed by atoms with van der Waals surface area (Å²) < 4.78 is 7.18. The van der Waals surface area contributed by atoms with Crippen LogP contribution in [0.25, 0.3) is 16.6 Å². The molecule has 0 saturated heterocycles. The predicted octanol–water partition coefficient (Wildman–Crippen LogP) is 3.16. The highest BCUT2D eigenvalue weighted by molar-refractivity contribution is 5.82. The molecule has 0 atom stereocenters. The van der Waals surface area contributed by atoms with Crippen molar-refractivity contribution in [3.05, 3.63) is 76.9 Å². The monoisotopic (exact) mass is 315 g/mol. The third-order valence-electron chi connectivity index (χ3n) is 4.20. The third kappa shape index (κ3) is 1.90. The van der Waals surface area contributed by atoms with Crippen LogP contribution in [0.5, 0.6) is 5.75 Å². The molecular weight excluding hydrogens is 302 g/mol. The van der Waals surface area contributed by atoms with Gasteiger partial charge < -0.3 is 9.64 Å². The van der Waals surface area contributed by atoms with Crippen molar-refractivity contribution in [3.8, 4) is 17.5 Å². The molecule has 0 amide bonds. The van der Waals surface area contributed by atoms with Gasteiger partial charge >= 0.3 is 0 Å². The number of nitrogens with zero attached hydrogens (tertiary/aromatic N) is 3. The molecule has 0 unspecified atom stereocenters. The number of aromatic nitrogens is 1. The van der Waals surface area contributed by atoms with Crippen molar-refractivity contribution in [1.29, 1.82) is 5.26 Å². The van der Waals surface area contributed by atoms with Crippen LogP contribution in [0, 0.1) is 11.3 Å². The van der Waals surface area contributed by atoms with Crippen LogP contribution in [0.15, 0.2) is 65.8 Å². The van der Waals surface area contributed by atoms with Crippen molar-refractivity contribution in [2.45, 2.75) is 0 Å². The third-order valence-corrected chi connectivity index (χ3v) is 4.20. The summed E-state index contributed by atoms with van der Waals surface area (Å²) in [4.78, 5) is 14.6. The van der Waals surface area contributed by atoms with E-state index in [1.54, 1.807) is 16.7 Å². The molecule has 0 saturated carbocycles. The van der Waals surface area contributed by atoms with Crippen LogP contribution in [0.1, 0.15) is 5.56 Å². The van der Waals surface area contributed by atoms with E-state index in [1.807, 2.05) is 54.4 Å². The summed E-state index contributed by atoms with van der Waals surface area (Å²) in [6.45, 7) is 3.84. The Balaban J connectivity index is 2.03. The average molecular weight is 315 g/mol. The second-order valence-corrected chi connectivity index (χ2v) is 5.58. The van der Waals surface area contributed by atoms with E-state index in [4.69, 9.17) is 4.74 Å². The molecule has 5 nitrogen and oxygen atoms in total. The Hall–Kier alpha value is -3.52. The van der Waals surface area contributed by atoms with Gasteiger partial charge in [0.1, 0.15) is 11.6 Å². The Morgan fingerprint density at radius 1 is 1.17 bits per heavy atom. The number of hydrogen-bond acceptors (Lipinski definition) is 4. The molecular formula is C19H13N3O2. The van der Waals surface area contributed by atoms with E-state index in [1.165, 1.54) is 0 Å². The van der Waals surface area contributed by atoms with Gasteiger partial charge in [0.05, 0.1) is 16.9 Å². The lowest BCUT2D eigenvalue weighted by Gasteiger charge is -2.12. The molecule has 0 fully saturated rings. The second kappa shape index (κ2) is 5.00. The van der Waals surface area contributed by atoms with E-state index < -0.39 is 0 Å². The average Bonchev–Trinajstić information content (AvgIpc) is 2.88. The number of rotatable bonds is 1. The number of anilines is 1. The molecule has 2 aromatic carbocycles. The van der Waals surface area contributed by atoms with Gasteiger partial charge in [-0.1, -0.05) is 18.2 Å². The zero-order valence-corrected chi connectivity index (χ0v) is 13.0. The van der Waals surface area contributed by atoms with E-state index in [-0.39, 0.29) is 11.1 Å². The number of para-hydroxylation sites is 1. The Morgan fingerprint density at radius 3 is 2.75 bits per heavy atom. The summed E-state index contributed by atoms with van der Waals surface area (Å²) in [5.41, 5.74) is 2.04. The number of fused-ring (bicyclic) bond motifs is 2. The predicted molar refractivity (Wildman–Crippen MR) is 92.4 cm³/mol. The van der Waals surface area contributed by atoms with Crippen LogP contribution in [0.4, 0.5) is 5.69 Å². The maximum absolute atomic E-state index is 12.7. The quantitative estimate of drug-likeness (QED) is 0.692. The highest BCUT2D eigenvalue weighted by Crippen LogP contribution is 2.38. The lowest BCUT2D eigenvalue weighted by atomic mass is 10.1. The first kappa shape index (κ1) is 14.1. The highest BCUT2D eigenvalue weighted by Gasteiger charge is 2.22. The summed E-state index contributed by atoms with van der Waals surface area (Å²) >= 11 is 0. The molecule has 0 spiro atoms. The SMILES string of the molecule is C=C1Oc2cc(-n3c(=O)c(C#N)cc4ccccc43)ccc2N1C. The molecule has 0 bridgehead atoms. The van der Waals surface area contributed by atoms with Crippen LogP contribution in [0.3, 0.4) is 0 Å². The van der Waals surface area contributed by atoms with Crippen molar-refractivity contribution >= 4 is 16.6 Å². The van der Waals surface area contributed by atoms with Gasteiger partial charge in [0.25, 0.3) is 5.56 Å². The molecule has 116 valence electrons. The summed E-state index contributed by atoms with van der Waals surface area (Å²) in [6, 6.07) is 16.6. The number of nitriles is 1. The topological polar surface area (TPSA) is 58.3 Å². The maximum Gasteiger partial charge on any atom is 0.273 e. The van der Waals surface area contributed by atoms with Gasteiger partial charge in [0.15, 0.2) is 11.6 Å². The summed E-state index contributed by atoms with van der Waals surface area (Å²) in [7, 11) is 1.87. The van der Waals surface area contributed by atoms with Gasteiger partial charge in [0, 0.05) is 18.5 Å². The lowest BCUT2D eigenvalue weighted by molar-refractivity contribution is 0.446. The fourth-order valence-electron chi connectivity index (χ4n) is 2.93. The van der Waals surface area contributed by atoms with Crippen LogP contribution in [0.2, 0.25) is 0 Å². The Bertz CT molecular complexity index is 1110. The van der Waals surface area contributed by atoms with Gasteiger partial charge in [-0.25, -0.2) is 0 Å². The number of ether oxygens (including phenoxy) is 1. The fraction of sp³-hybridized carbons (Fsp3) is 0.0526. The van der Waals surface area contributed by atoms with Crippen molar-refractivity contribution < 1.29 is 4.74 Å². The van der Waals surface area contributed by atoms with Crippen molar-refractivity contribution in [2.75, 3.05) is 11.9 Å². The van der Waals surface area contributed by atoms with E-state index in [0.717, 1.165) is 16.6 Å². The van der Waals surface area contributed by atoms with Gasteiger partial charge in [-0.15, -0.1) is 0 Å². The number of hydrogen-bond donors (Lipinski definition) is 0. The minimum Gasteiger partial charge on any atom is -0.439 e. The Morgan fingerprint density at radius 2 is 1.96 bits per heavy atom. The van der Waals surface area contributed by atoms with Crippen molar-refractivity contribution in [1.82, 2.24) is 4.57 Å². The molecule has 24 heavy (non-hydrogen) atoms. The largest absolute Gasteiger partial charge is 0.439 e. The highest BCUT2D eigenvalue weighted by atomic mass is 16.5. The minimum atomic E-state index is -0.346. The van der Waals surface area contributed by atoms with Gasteiger partial charge in [-0.3, -0.25) is 9.36 Å². The minimum absolute atomic E-state index is 0.108. The van der Waals surface area contributed by atoms with E-state index in [2.05, 4.69) is 6.58 Å². The van der Waals surface area contributed by atoms with Crippen LogP contribution in [-0.2, 0) is 0 Å². The summed E-state index contributed by atoms with van der Waals surface area (Å²) in [5.74, 6) is 1.17. The molecule has 0 N–H and O–H groups in total. The van der Waals surface area contributed by atoms with Crippen molar-refractivity contribution in [2.24, 2.45) is 0 Å². The second-order valence-electron chi connectivity index (χ2n) is 5.58. The Kier molecular flexibility index (Phi) is 2.94. The molecule has 5 heteroatoms. The summed E-state index contributed by atoms with van der Waals surface area (Å²) in [6.07, 6.45) is 0. The molecule has 1 aliphatic heterocycles. The first-order valence-electron chi connectivity index (χ1n) is 7.40. The number of pyridine rings is 1. The molecule has 0 aliphatic carbocycles. The molecule has 4 rings (SSSR count). The first-order valence-corrected chi connectivity index (χ1v) is 7.40. The van der Waals surface area contributed by atoms with Gasteiger partial charge in [-0.2, -0.15) is 5.26 Å². The Labute approximate surface area is 138 Å². The normalized spacial score (nSPS) is 12.8. The molecule has 2 heterocycles. The van der Waals surface area contributed by atoms with Crippen LogP contribution in [-0.4, -0.2) is 11.6 Å². The van der Waals surface area contributed by atoms with E-state index in [0.29, 0.717) is 17.3 Å². The van der Waals surface area contributed by atoms with Gasteiger partial charge in [-0.05, 0) is 30.8 Å². The molecule has 0 radical (unpaired) electrons. The van der Waals surface area contributed by atoms with Gasteiger partial charge in [0.2, 0.25) is 0 Å². The maximum atomic E-state index is 12.7. The van der Waals surface area contributed by atoms with Crippen LogP contribution >= 0.6 is 0 Å².